The molecular formula is C20H54Br3NO2. The second kappa shape index (κ2) is 71.9. The average molecular weight is 580 g/mol. The van der Waals surface area contributed by atoms with E-state index in [1.54, 1.807) is 0 Å². The summed E-state index contributed by atoms with van der Waals surface area (Å²) in [5.41, 5.74) is 0. The molecule has 26 heavy (non-hydrogen) atoms. The maximum Gasteiger partial charge on any atom is 0.0823 e. The lowest BCUT2D eigenvalue weighted by Gasteiger charge is -2.07. The van der Waals surface area contributed by atoms with Gasteiger partial charge in [-0.05, 0) is 12.8 Å². The van der Waals surface area contributed by atoms with Crippen molar-refractivity contribution in [1.29, 1.82) is 0 Å². The minimum Gasteiger partial charge on any atom is -0.344 e. The highest BCUT2D eigenvalue weighted by Crippen LogP contribution is 1.97. The van der Waals surface area contributed by atoms with Crippen LogP contribution in [0.5, 0.6) is 0 Å². The Balaban J connectivity index is -0.0000000254. The number of rotatable bonds is 4. The number of halogens is 3. The average Bonchev–Trinajstić information content (AvgIpc) is 2.63. The summed E-state index contributed by atoms with van der Waals surface area (Å²) < 4.78 is 0. The molecule has 172 valence electrons. The third-order valence-corrected chi connectivity index (χ3v) is 2.79. The lowest BCUT2D eigenvalue weighted by Crippen LogP contribution is -2.05. The molecule has 3 N–H and O–H groups in total. The van der Waals surface area contributed by atoms with Gasteiger partial charge < -0.3 is 6.15 Å². The number of hydrogen-bond donors (Lipinski definition) is 1. The van der Waals surface area contributed by atoms with Crippen LogP contribution in [0.3, 0.4) is 0 Å². The molecule has 0 amide bonds. The van der Waals surface area contributed by atoms with Crippen molar-refractivity contribution >= 4 is 50.9 Å². The van der Waals surface area contributed by atoms with Gasteiger partial charge in [-0.1, -0.05) is 107 Å². The van der Waals surface area contributed by atoms with Crippen LogP contribution in [0.25, 0.3) is 0 Å². The zero-order chi connectivity index (χ0) is 17.9. The minimum atomic E-state index is 0. The third-order valence-electron chi connectivity index (χ3n) is 2.79. The molecule has 1 heterocycles. The first kappa shape index (κ1) is 50.7. The van der Waals surface area contributed by atoms with Gasteiger partial charge in [0.1, 0.15) is 0 Å². The topological polar surface area (TPSA) is 53.5 Å². The van der Waals surface area contributed by atoms with Gasteiger partial charge in [-0.15, -0.1) is 50.9 Å². The van der Waals surface area contributed by atoms with Crippen molar-refractivity contribution in [3.63, 3.8) is 0 Å². The molecule has 1 fully saturated rings. The Bertz CT molecular complexity index is 96.1. The van der Waals surface area contributed by atoms with Gasteiger partial charge in [0.05, 0.1) is 13.2 Å². The predicted molar refractivity (Wildman–Crippen MR) is 139 cm³/mol. The van der Waals surface area contributed by atoms with Gasteiger partial charge in [0.2, 0.25) is 0 Å². The zero-order valence-corrected chi connectivity index (χ0v) is 24.4. The van der Waals surface area contributed by atoms with Crippen molar-refractivity contribution in [3.05, 3.63) is 0 Å². The Morgan fingerprint density at radius 3 is 0.615 bits per heavy atom. The van der Waals surface area contributed by atoms with E-state index in [4.69, 9.17) is 0 Å². The van der Waals surface area contributed by atoms with E-state index >= 15 is 0 Å². The molecule has 0 saturated carbocycles. The molecule has 3 nitrogen and oxygen atoms in total. The molecular weight excluding hydrogens is 526 g/mol. The van der Waals surface area contributed by atoms with Crippen LogP contribution < -0.4 is 6.15 Å². The summed E-state index contributed by atoms with van der Waals surface area (Å²) in [4.78, 5) is 9.14. The number of hydrogen-bond acceptors (Lipinski definition) is 3. The Morgan fingerprint density at radius 2 is 0.577 bits per heavy atom. The van der Waals surface area contributed by atoms with Crippen LogP contribution in [-0.2, 0) is 9.78 Å². The molecule has 0 radical (unpaired) electrons. The second-order valence-electron chi connectivity index (χ2n) is 5.35. The van der Waals surface area contributed by atoms with E-state index in [0.29, 0.717) is 0 Å². The summed E-state index contributed by atoms with van der Waals surface area (Å²) in [6.07, 6.45) is 12.9. The van der Waals surface area contributed by atoms with Gasteiger partial charge in [-0.25, -0.2) is 9.78 Å². The summed E-state index contributed by atoms with van der Waals surface area (Å²) >= 11 is 0. The maximum absolute atomic E-state index is 4.57. The Hall–Kier alpha value is 1.32. The lowest BCUT2D eigenvalue weighted by molar-refractivity contribution is -0.312. The van der Waals surface area contributed by atoms with Crippen LogP contribution >= 0.6 is 50.9 Å². The third kappa shape index (κ3) is 117. The summed E-state index contributed by atoms with van der Waals surface area (Å²) in [5, 5.41) is 0. The Kier molecular flexibility index (Phi) is 140. The molecule has 0 aromatic carbocycles. The molecule has 0 aliphatic carbocycles. The van der Waals surface area contributed by atoms with Crippen LogP contribution in [0.15, 0.2) is 0 Å². The van der Waals surface area contributed by atoms with Gasteiger partial charge in [0.25, 0.3) is 0 Å². The summed E-state index contributed by atoms with van der Waals surface area (Å²) in [6.45, 7) is 19.0. The molecule has 0 unspecified atom stereocenters. The van der Waals surface area contributed by atoms with Crippen molar-refractivity contribution in [2.45, 2.75) is 120 Å². The van der Waals surface area contributed by atoms with Crippen LogP contribution in [-0.4, -0.2) is 13.2 Å². The molecule has 0 bridgehead atoms. The number of unbranched alkanes of at least 4 members (excludes halogenated alkanes) is 4. The van der Waals surface area contributed by atoms with Crippen LogP contribution in [0.4, 0.5) is 0 Å². The fourth-order valence-electron chi connectivity index (χ4n) is 0.440. The quantitative estimate of drug-likeness (QED) is 0.337. The van der Waals surface area contributed by atoms with Gasteiger partial charge in [-0.2, -0.15) is 0 Å². The lowest BCUT2D eigenvalue weighted by atomic mass is 10.3. The zero-order valence-electron chi connectivity index (χ0n) is 19.2. The smallest absolute Gasteiger partial charge is 0.0823 e. The van der Waals surface area contributed by atoms with Gasteiger partial charge >= 0.3 is 0 Å². The maximum atomic E-state index is 4.57. The van der Waals surface area contributed by atoms with E-state index in [9.17, 15) is 0 Å². The van der Waals surface area contributed by atoms with E-state index in [0.717, 1.165) is 26.1 Å². The summed E-state index contributed by atoms with van der Waals surface area (Å²) in [5.74, 6) is 0. The molecule has 0 aromatic rings. The minimum absolute atomic E-state index is 0. The van der Waals surface area contributed by atoms with Crippen LogP contribution in [0, 0.1) is 0 Å². The van der Waals surface area contributed by atoms with Gasteiger partial charge in [0, 0.05) is 0 Å². The normalized spacial score (nSPS) is 10.2. The van der Waals surface area contributed by atoms with Crippen molar-refractivity contribution < 1.29 is 9.78 Å². The first-order valence-corrected chi connectivity index (χ1v) is 9.90. The van der Waals surface area contributed by atoms with E-state index in [2.05, 4.69) is 65.2 Å². The molecule has 6 heteroatoms. The monoisotopic (exact) mass is 577 g/mol. The molecule has 1 rings (SSSR count). The highest BCUT2D eigenvalue weighted by molar-refractivity contribution is 8.93. The van der Waals surface area contributed by atoms with Crippen molar-refractivity contribution in [2.75, 3.05) is 13.2 Å². The first-order chi connectivity index (χ1) is 10.7. The fraction of sp³-hybridized carbons (Fsp3) is 1.00. The van der Waals surface area contributed by atoms with Crippen molar-refractivity contribution in [2.24, 2.45) is 0 Å². The molecule has 0 spiro atoms. The SMILES string of the molecule is Br.Br.Br.C1CCOOC1.CCCC.CCCC.CCCC.CCCC.N. The molecule has 0 aromatic heterocycles. The van der Waals surface area contributed by atoms with E-state index < -0.39 is 0 Å². The van der Waals surface area contributed by atoms with Crippen LogP contribution in [0.2, 0.25) is 0 Å². The van der Waals surface area contributed by atoms with Gasteiger partial charge in [-0.3, -0.25) is 0 Å². The predicted octanol–water partition coefficient (Wildman–Crippen LogP) is 9.85. The molecule has 1 aliphatic heterocycles. The van der Waals surface area contributed by atoms with E-state index in [-0.39, 0.29) is 57.1 Å². The van der Waals surface area contributed by atoms with E-state index in [1.165, 1.54) is 51.4 Å². The largest absolute Gasteiger partial charge is 0.344 e. The van der Waals surface area contributed by atoms with Crippen LogP contribution in [0.1, 0.15) is 120 Å². The highest BCUT2D eigenvalue weighted by atomic mass is 79.9. The molecule has 0 atom stereocenters. The van der Waals surface area contributed by atoms with Crippen molar-refractivity contribution in [1.82, 2.24) is 6.15 Å². The van der Waals surface area contributed by atoms with E-state index in [1.807, 2.05) is 0 Å². The highest BCUT2D eigenvalue weighted by Gasteiger charge is 1.95. The van der Waals surface area contributed by atoms with Gasteiger partial charge in [0.15, 0.2) is 0 Å². The first-order valence-electron chi connectivity index (χ1n) is 9.90. The second-order valence-corrected chi connectivity index (χ2v) is 5.35. The molecule has 1 saturated heterocycles. The molecule has 1 aliphatic rings. The standard InChI is InChI=1S/C4H8O2.4C4H10.3BrH.H3N/c1-2-4-6-5-3-1;4*1-3-4-2;;;;/h1-4H2;4*3-4H2,1-2H3;3*1H;1H3. The summed E-state index contributed by atoms with van der Waals surface area (Å²) in [6, 6.07) is 0. The fourth-order valence-corrected chi connectivity index (χ4v) is 0.440. The Morgan fingerprint density at radius 1 is 0.423 bits per heavy atom. The Labute approximate surface area is 199 Å². The summed E-state index contributed by atoms with van der Waals surface area (Å²) in [7, 11) is 0. The van der Waals surface area contributed by atoms with Crippen molar-refractivity contribution in [3.8, 4) is 0 Å².